The van der Waals surface area contributed by atoms with Crippen molar-refractivity contribution in [2.45, 2.75) is 39.5 Å². The van der Waals surface area contributed by atoms with Crippen molar-refractivity contribution >= 4 is 5.78 Å². The third-order valence-electron chi connectivity index (χ3n) is 2.30. The van der Waals surface area contributed by atoms with Crippen molar-refractivity contribution in [3.63, 3.8) is 0 Å². The van der Waals surface area contributed by atoms with Crippen LogP contribution in [0.15, 0.2) is 12.2 Å². The first kappa shape index (κ1) is 12.4. The molecule has 2 nitrogen and oxygen atoms in total. The van der Waals surface area contributed by atoms with Crippen molar-refractivity contribution in [1.82, 2.24) is 0 Å². The molecule has 13 heavy (non-hydrogen) atoms. The fourth-order valence-electron chi connectivity index (χ4n) is 1.27. The molecule has 0 heterocycles. The Kier molecular flexibility index (Phi) is 6.51. The number of ketones is 1. The predicted octanol–water partition coefficient (Wildman–Crippen LogP) is 2.29. The van der Waals surface area contributed by atoms with E-state index in [4.69, 9.17) is 5.73 Å². The lowest BCUT2D eigenvalue weighted by atomic mass is 9.94. The summed E-state index contributed by atoms with van der Waals surface area (Å²) in [4.78, 5) is 11.6. The lowest BCUT2D eigenvalue weighted by molar-refractivity contribution is -0.122. The molecule has 0 fully saturated rings. The van der Waals surface area contributed by atoms with E-state index in [0.29, 0.717) is 13.0 Å². The van der Waals surface area contributed by atoms with E-state index < -0.39 is 0 Å². The van der Waals surface area contributed by atoms with Gasteiger partial charge in [0.05, 0.1) is 0 Å². The lowest BCUT2D eigenvalue weighted by Gasteiger charge is -2.12. The Morgan fingerprint density at radius 3 is 2.46 bits per heavy atom. The van der Waals surface area contributed by atoms with Gasteiger partial charge in [0.1, 0.15) is 5.78 Å². The molecule has 0 aromatic heterocycles. The van der Waals surface area contributed by atoms with Crippen LogP contribution in [0, 0.1) is 5.92 Å². The van der Waals surface area contributed by atoms with Gasteiger partial charge in [0, 0.05) is 18.9 Å². The van der Waals surface area contributed by atoms with E-state index in [1.165, 1.54) is 0 Å². The number of nitrogens with two attached hydrogens (primary N) is 1. The van der Waals surface area contributed by atoms with Gasteiger partial charge in [-0.3, -0.25) is 4.79 Å². The molecule has 0 amide bonds. The Morgan fingerprint density at radius 1 is 1.46 bits per heavy atom. The van der Waals surface area contributed by atoms with Crippen LogP contribution in [0.1, 0.15) is 39.5 Å². The molecule has 0 rings (SSSR count). The number of hydrogen-bond acceptors (Lipinski definition) is 2. The SMILES string of the molecule is C=C(CC)CC(=O)C(CN)CCC. The second kappa shape index (κ2) is 6.84. The Balaban J connectivity index is 3.98. The van der Waals surface area contributed by atoms with E-state index in [9.17, 15) is 4.79 Å². The predicted molar refractivity (Wildman–Crippen MR) is 56.5 cm³/mol. The monoisotopic (exact) mass is 183 g/mol. The molecule has 1 atom stereocenters. The summed E-state index contributed by atoms with van der Waals surface area (Å²) in [5, 5.41) is 0. The summed E-state index contributed by atoms with van der Waals surface area (Å²) in [6.45, 7) is 8.40. The Hall–Kier alpha value is -0.630. The summed E-state index contributed by atoms with van der Waals surface area (Å²) in [5.74, 6) is 0.310. The minimum atomic E-state index is 0.0494. The smallest absolute Gasteiger partial charge is 0.141 e. The Bertz CT molecular complexity index is 175. The maximum absolute atomic E-state index is 11.6. The molecule has 2 heteroatoms. The van der Waals surface area contributed by atoms with E-state index in [0.717, 1.165) is 24.8 Å². The average molecular weight is 183 g/mol. The van der Waals surface area contributed by atoms with Gasteiger partial charge >= 0.3 is 0 Å². The number of carbonyl (C=O) groups excluding carboxylic acids is 1. The molecule has 2 N–H and O–H groups in total. The van der Waals surface area contributed by atoms with Crippen molar-refractivity contribution < 1.29 is 4.79 Å². The molecule has 0 aliphatic heterocycles. The Morgan fingerprint density at radius 2 is 2.08 bits per heavy atom. The number of hydrogen-bond donors (Lipinski definition) is 1. The average Bonchev–Trinajstić information content (AvgIpc) is 2.13. The maximum Gasteiger partial charge on any atom is 0.141 e. The molecular weight excluding hydrogens is 162 g/mol. The minimum Gasteiger partial charge on any atom is -0.330 e. The minimum absolute atomic E-state index is 0.0494. The van der Waals surface area contributed by atoms with Crippen LogP contribution in [-0.2, 0) is 4.79 Å². The molecule has 0 saturated heterocycles. The maximum atomic E-state index is 11.6. The molecule has 0 spiro atoms. The number of carbonyl (C=O) groups is 1. The van der Waals surface area contributed by atoms with Crippen LogP contribution in [0.2, 0.25) is 0 Å². The van der Waals surface area contributed by atoms with Crippen LogP contribution in [-0.4, -0.2) is 12.3 Å². The normalized spacial score (nSPS) is 12.5. The molecule has 1 unspecified atom stereocenters. The van der Waals surface area contributed by atoms with Crippen LogP contribution in [0.4, 0.5) is 0 Å². The fraction of sp³-hybridized carbons (Fsp3) is 0.727. The lowest BCUT2D eigenvalue weighted by Crippen LogP contribution is -2.23. The van der Waals surface area contributed by atoms with Crippen molar-refractivity contribution in [3.05, 3.63) is 12.2 Å². The highest BCUT2D eigenvalue weighted by Crippen LogP contribution is 2.13. The zero-order valence-electron chi connectivity index (χ0n) is 8.81. The molecule has 76 valence electrons. The molecular formula is C11H21NO. The van der Waals surface area contributed by atoms with Gasteiger partial charge in [0.25, 0.3) is 0 Å². The largest absolute Gasteiger partial charge is 0.330 e. The molecule has 0 aromatic carbocycles. The van der Waals surface area contributed by atoms with Gasteiger partial charge in [-0.15, -0.1) is 0 Å². The fourth-order valence-corrected chi connectivity index (χ4v) is 1.27. The molecule has 0 radical (unpaired) electrons. The van der Waals surface area contributed by atoms with E-state index in [-0.39, 0.29) is 11.7 Å². The van der Waals surface area contributed by atoms with E-state index in [1.807, 2.05) is 6.92 Å². The second-order valence-electron chi connectivity index (χ2n) is 3.47. The van der Waals surface area contributed by atoms with Gasteiger partial charge < -0.3 is 5.73 Å². The van der Waals surface area contributed by atoms with E-state index >= 15 is 0 Å². The summed E-state index contributed by atoms with van der Waals surface area (Å²) in [7, 11) is 0. The molecule has 0 aliphatic rings. The van der Waals surface area contributed by atoms with Crippen LogP contribution in [0.5, 0.6) is 0 Å². The number of Topliss-reactive ketones (excluding diaryl/α,β-unsaturated/α-hetero) is 1. The van der Waals surface area contributed by atoms with Gasteiger partial charge in [-0.05, 0) is 12.8 Å². The zero-order chi connectivity index (χ0) is 10.3. The highest BCUT2D eigenvalue weighted by atomic mass is 16.1. The summed E-state index contributed by atoms with van der Waals surface area (Å²) < 4.78 is 0. The van der Waals surface area contributed by atoms with Crippen molar-refractivity contribution in [1.29, 1.82) is 0 Å². The summed E-state index contributed by atoms with van der Waals surface area (Å²) >= 11 is 0. The van der Waals surface area contributed by atoms with E-state index in [1.54, 1.807) is 0 Å². The highest BCUT2D eigenvalue weighted by Gasteiger charge is 2.15. The van der Waals surface area contributed by atoms with Gasteiger partial charge in [-0.1, -0.05) is 32.4 Å². The van der Waals surface area contributed by atoms with Crippen molar-refractivity contribution in [2.24, 2.45) is 11.7 Å². The third-order valence-corrected chi connectivity index (χ3v) is 2.30. The van der Waals surface area contributed by atoms with Crippen LogP contribution < -0.4 is 5.73 Å². The highest BCUT2D eigenvalue weighted by molar-refractivity contribution is 5.83. The first-order chi connectivity index (χ1) is 6.15. The molecule has 0 aromatic rings. The van der Waals surface area contributed by atoms with Crippen molar-refractivity contribution in [2.75, 3.05) is 6.54 Å². The van der Waals surface area contributed by atoms with Crippen molar-refractivity contribution in [3.8, 4) is 0 Å². The second-order valence-corrected chi connectivity index (χ2v) is 3.47. The van der Waals surface area contributed by atoms with Gasteiger partial charge in [-0.2, -0.15) is 0 Å². The van der Waals surface area contributed by atoms with E-state index in [2.05, 4.69) is 13.5 Å². The first-order valence-electron chi connectivity index (χ1n) is 5.05. The summed E-state index contributed by atoms with van der Waals surface area (Å²) in [5.41, 5.74) is 6.54. The number of rotatable bonds is 7. The third kappa shape index (κ3) is 4.83. The van der Waals surface area contributed by atoms with Crippen LogP contribution >= 0.6 is 0 Å². The van der Waals surface area contributed by atoms with Gasteiger partial charge in [-0.25, -0.2) is 0 Å². The van der Waals surface area contributed by atoms with Gasteiger partial charge in [0.15, 0.2) is 0 Å². The summed E-state index contributed by atoms with van der Waals surface area (Å²) in [6, 6.07) is 0. The topological polar surface area (TPSA) is 43.1 Å². The molecule has 0 bridgehead atoms. The first-order valence-corrected chi connectivity index (χ1v) is 5.05. The standard InChI is InChI=1S/C11H21NO/c1-4-6-10(8-12)11(13)7-9(3)5-2/h10H,3-8,12H2,1-2H3. The molecule has 0 saturated carbocycles. The van der Waals surface area contributed by atoms with Crippen LogP contribution in [0.3, 0.4) is 0 Å². The Labute approximate surface area is 81.2 Å². The van der Waals surface area contributed by atoms with Crippen LogP contribution in [0.25, 0.3) is 0 Å². The summed E-state index contributed by atoms with van der Waals surface area (Å²) in [6.07, 6.45) is 3.33. The zero-order valence-corrected chi connectivity index (χ0v) is 8.81. The number of allylic oxidation sites excluding steroid dienone is 1. The molecule has 0 aliphatic carbocycles. The quantitative estimate of drug-likeness (QED) is 0.615. The van der Waals surface area contributed by atoms with Gasteiger partial charge in [0.2, 0.25) is 0 Å².